The molecule has 0 aliphatic carbocycles. The third-order valence-corrected chi connectivity index (χ3v) is 6.39. The molecular weight excluding hydrogens is 376 g/mol. The highest BCUT2D eigenvalue weighted by atomic mass is 14.8. The van der Waals surface area contributed by atoms with E-state index >= 15 is 0 Å². The van der Waals surface area contributed by atoms with E-state index in [9.17, 15) is 0 Å². The summed E-state index contributed by atoms with van der Waals surface area (Å²) in [6.07, 6.45) is 11.4. The number of fused-ring (bicyclic) bond motifs is 2. The van der Waals surface area contributed by atoms with Crippen molar-refractivity contribution in [3.8, 4) is 6.07 Å². The van der Waals surface area contributed by atoms with E-state index in [1.54, 1.807) is 0 Å². The molecule has 0 heterocycles. The summed E-state index contributed by atoms with van der Waals surface area (Å²) in [7, 11) is 0. The van der Waals surface area contributed by atoms with E-state index in [1.807, 2.05) is 13.8 Å². The second-order valence-corrected chi connectivity index (χ2v) is 9.55. The number of nitrogens with zero attached hydrogens (tertiary/aromatic N) is 1. The largest absolute Gasteiger partial charge is 0.313 e. The second kappa shape index (κ2) is 11.9. The Labute approximate surface area is 188 Å². The van der Waals surface area contributed by atoms with E-state index in [-0.39, 0.29) is 5.41 Å². The van der Waals surface area contributed by atoms with Crippen molar-refractivity contribution in [3.63, 3.8) is 0 Å². The smallest absolute Gasteiger partial charge is 0.0683 e. The van der Waals surface area contributed by atoms with Crippen molar-refractivity contribution >= 4 is 21.5 Å². The highest BCUT2D eigenvalue weighted by Crippen LogP contribution is 2.28. The van der Waals surface area contributed by atoms with Crippen LogP contribution in [0.5, 0.6) is 0 Å². The van der Waals surface area contributed by atoms with Crippen molar-refractivity contribution in [1.82, 2.24) is 5.32 Å². The first-order valence-corrected chi connectivity index (χ1v) is 12.1. The maximum atomic E-state index is 9.06. The molecule has 0 aliphatic heterocycles. The van der Waals surface area contributed by atoms with E-state index in [1.165, 1.54) is 78.5 Å². The van der Waals surface area contributed by atoms with Gasteiger partial charge < -0.3 is 5.32 Å². The number of rotatable bonds is 13. The molecule has 31 heavy (non-hydrogen) atoms. The Morgan fingerprint density at radius 3 is 1.84 bits per heavy atom. The zero-order chi connectivity index (χ0) is 21.9. The van der Waals surface area contributed by atoms with Crippen LogP contribution in [0.25, 0.3) is 21.5 Å². The Bertz CT molecular complexity index is 942. The molecule has 3 rings (SSSR count). The zero-order valence-electron chi connectivity index (χ0n) is 19.4. The van der Waals surface area contributed by atoms with Crippen LogP contribution in [0.4, 0.5) is 0 Å². The van der Waals surface area contributed by atoms with E-state index < -0.39 is 0 Å². The van der Waals surface area contributed by atoms with Crippen LogP contribution in [0.3, 0.4) is 0 Å². The van der Waals surface area contributed by atoms with Crippen LogP contribution in [0.15, 0.2) is 54.6 Å². The molecule has 0 saturated carbocycles. The summed E-state index contributed by atoms with van der Waals surface area (Å²) >= 11 is 0. The third kappa shape index (κ3) is 7.08. The topological polar surface area (TPSA) is 35.8 Å². The Morgan fingerprint density at radius 1 is 0.742 bits per heavy atom. The fourth-order valence-corrected chi connectivity index (χ4v) is 4.45. The molecule has 164 valence electrons. The van der Waals surface area contributed by atoms with Crippen molar-refractivity contribution in [3.05, 3.63) is 60.2 Å². The minimum absolute atomic E-state index is 0.147. The first-order valence-electron chi connectivity index (χ1n) is 12.1. The van der Waals surface area contributed by atoms with Crippen molar-refractivity contribution in [2.45, 2.75) is 78.2 Å². The van der Waals surface area contributed by atoms with Gasteiger partial charge in [-0.25, -0.2) is 0 Å². The maximum Gasteiger partial charge on any atom is 0.0683 e. The fraction of sp³-hybridized carbons (Fsp3) is 0.483. The highest BCUT2D eigenvalue weighted by molar-refractivity contribution is 6.02. The van der Waals surface area contributed by atoms with Crippen LogP contribution in [-0.4, -0.2) is 6.54 Å². The Hall–Kier alpha value is -2.37. The highest BCUT2D eigenvalue weighted by Gasteiger charge is 2.15. The van der Waals surface area contributed by atoms with Crippen LogP contribution in [0, 0.1) is 16.7 Å². The van der Waals surface area contributed by atoms with Gasteiger partial charge in [-0.05, 0) is 66.4 Å². The van der Waals surface area contributed by atoms with Gasteiger partial charge >= 0.3 is 0 Å². The summed E-state index contributed by atoms with van der Waals surface area (Å²) in [6, 6.07) is 22.2. The van der Waals surface area contributed by atoms with E-state index in [2.05, 4.69) is 66.0 Å². The monoisotopic (exact) mass is 414 g/mol. The Kier molecular flexibility index (Phi) is 8.92. The predicted molar refractivity (Wildman–Crippen MR) is 134 cm³/mol. The molecule has 3 aromatic carbocycles. The minimum Gasteiger partial charge on any atom is -0.313 e. The Balaban J connectivity index is 1.33. The molecule has 0 atom stereocenters. The summed E-state index contributed by atoms with van der Waals surface area (Å²) in [5.74, 6) is 0. The molecule has 2 nitrogen and oxygen atoms in total. The van der Waals surface area contributed by atoms with E-state index in [0.717, 1.165) is 19.5 Å². The lowest BCUT2D eigenvalue weighted by Crippen LogP contribution is -2.15. The molecular formula is C29H38N2. The molecule has 0 bridgehead atoms. The van der Waals surface area contributed by atoms with Gasteiger partial charge in [0, 0.05) is 6.54 Å². The van der Waals surface area contributed by atoms with Gasteiger partial charge in [0.25, 0.3) is 0 Å². The molecule has 0 fully saturated rings. The van der Waals surface area contributed by atoms with Gasteiger partial charge in [0.15, 0.2) is 0 Å². The van der Waals surface area contributed by atoms with Crippen LogP contribution in [0.2, 0.25) is 0 Å². The van der Waals surface area contributed by atoms with Crippen LogP contribution in [0.1, 0.15) is 77.2 Å². The van der Waals surface area contributed by atoms with Gasteiger partial charge in [0.1, 0.15) is 0 Å². The number of unbranched alkanes of at least 4 members (excludes halogenated alkanes) is 7. The quantitative estimate of drug-likeness (QED) is 0.226. The lowest BCUT2D eigenvalue weighted by Gasteiger charge is -2.14. The maximum absolute atomic E-state index is 9.06. The molecule has 0 aromatic heterocycles. The summed E-state index contributed by atoms with van der Waals surface area (Å²) in [5.41, 5.74) is 1.28. The van der Waals surface area contributed by atoms with Crippen LogP contribution >= 0.6 is 0 Å². The number of benzene rings is 3. The van der Waals surface area contributed by atoms with Gasteiger partial charge in [0.2, 0.25) is 0 Å². The molecule has 0 unspecified atom stereocenters. The van der Waals surface area contributed by atoms with Gasteiger partial charge in [-0.15, -0.1) is 0 Å². The number of nitrogens with one attached hydrogen (secondary N) is 1. The first-order chi connectivity index (χ1) is 15.1. The molecule has 0 spiro atoms. The normalized spacial score (nSPS) is 11.8. The number of hydrogen-bond donors (Lipinski definition) is 1. The zero-order valence-corrected chi connectivity index (χ0v) is 19.4. The van der Waals surface area contributed by atoms with Crippen LogP contribution < -0.4 is 5.32 Å². The Morgan fingerprint density at radius 2 is 1.26 bits per heavy atom. The summed E-state index contributed by atoms with van der Waals surface area (Å²) in [5, 5.41) is 18.1. The molecule has 2 heteroatoms. The third-order valence-electron chi connectivity index (χ3n) is 6.39. The summed E-state index contributed by atoms with van der Waals surface area (Å²) in [4.78, 5) is 0. The lowest BCUT2D eigenvalue weighted by molar-refractivity contribution is 0.418. The standard InChI is InChI=1S/C29H38N2/c1-29(2,23-30)19-13-7-5-3-4-6-8-14-20-31-22-28-26-17-11-9-15-24(26)21-25-16-10-12-18-27(25)28/h9-12,15-18,21,31H,3-8,13-14,19-20,22H2,1-2H3. The van der Waals surface area contributed by atoms with E-state index in [0.29, 0.717) is 0 Å². The van der Waals surface area contributed by atoms with Crippen molar-refractivity contribution in [2.24, 2.45) is 5.41 Å². The first kappa shape index (κ1) is 23.3. The van der Waals surface area contributed by atoms with Crippen LogP contribution in [-0.2, 0) is 6.54 Å². The average molecular weight is 415 g/mol. The molecule has 0 saturated heterocycles. The molecule has 0 aliphatic rings. The van der Waals surface area contributed by atoms with Gasteiger partial charge in [-0.1, -0.05) is 93.5 Å². The number of hydrogen-bond acceptors (Lipinski definition) is 2. The lowest BCUT2D eigenvalue weighted by atomic mass is 9.88. The van der Waals surface area contributed by atoms with Gasteiger partial charge in [-0.2, -0.15) is 5.26 Å². The average Bonchev–Trinajstić information content (AvgIpc) is 2.79. The van der Waals surface area contributed by atoms with Gasteiger partial charge in [-0.3, -0.25) is 0 Å². The summed E-state index contributed by atoms with van der Waals surface area (Å²) in [6.45, 7) is 6.11. The minimum atomic E-state index is -0.147. The SMILES string of the molecule is CC(C)(C#N)CCCCCCCCCCNCc1c2ccccc2cc2ccccc12. The fourth-order valence-electron chi connectivity index (χ4n) is 4.45. The molecule has 0 amide bonds. The molecule has 3 aromatic rings. The second-order valence-electron chi connectivity index (χ2n) is 9.55. The number of nitriles is 1. The molecule has 1 N–H and O–H groups in total. The van der Waals surface area contributed by atoms with Crippen molar-refractivity contribution in [2.75, 3.05) is 6.54 Å². The predicted octanol–water partition coefficient (Wildman–Crippen LogP) is 8.14. The van der Waals surface area contributed by atoms with Gasteiger partial charge in [0.05, 0.1) is 11.5 Å². The molecule has 0 radical (unpaired) electrons. The summed E-state index contributed by atoms with van der Waals surface area (Å²) < 4.78 is 0. The van der Waals surface area contributed by atoms with Crippen molar-refractivity contribution < 1.29 is 0 Å². The van der Waals surface area contributed by atoms with Crippen molar-refractivity contribution in [1.29, 1.82) is 5.26 Å². The van der Waals surface area contributed by atoms with E-state index in [4.69, 9.17) is 5.26 Å².